The number of nitrogens with one attached hydrogen (secondary N) is 1. The van der Waals surface area contributed by atoms with Gasteiger partial charge in [-0.05, 0) is 30.8 Å². The van der Waals surface area contributed by atoms with Crippen molar-refractivity contribution < 1.29 is 13.2 Å². The quantitative estimate of drug-likeness (QED) is 0.668. The van der Waals surface area contributed by atoms with Crippen LogP contribution in [0.1, 0.15) is 10.4 Å². The van der Waals surface area contributed by atoms with Crippen molar-refractivity contribution in [1.82, 2.24) is 0 Å². The first-order chi connectivity index (χ1) is 9.93. The fourth-order valence-corrected chi connectivity index (χ4v) is 2.99. The maximum atomic E-state index is 11.3. The normalized spacial score (nSPS) is 15.4. The third-order valence-electron chi connectivity index (χ3n) is 3.50. The molecule has 0 amide bonds. The average Bonchev–Trinajstić information content (AvgIpc) is 2.46. The first-order valence-corrected chi connectivity index (χ1v) is 8.53. The summed E-state index contributed by atoms with van der Waals surface area (Å²) in [7, 11) is -3.42. The van der Waals surface area contributed by atoms with Crippen LogP contribution in [0.15, 0.2) is 18.2 Å². The van der Waals surface area contributed by atoms with E-state index in [1.807, 2.05) is 0 Å². The molecule has 1 fully saturated rings. The minimum atomic E-state index is -3.42. The Bertz CT molecular complexity index is 676. The molecule has 8 heteroatoms. The molecular formula is C13H16BN3O3S. The van der Waals surface area contributed by atoms with E-state index in [0.29, 0.717) is 11.8 Å². The second-order valence-electron chi connectivity index (χ2n) is 5.15. The van der Waals surface area contributed by atoms with Crippen LogP contribution < -0.4 is 9.62 Å². The molecule has 0 saturated carbocycles. The van der Waals surface area contributed by atoms with Crippen LogP contribution in [0.3, 0.4) is 0 Å². The summed E-state index contributed by atoms with van der Waals surface area (Å²) in [5, 5.41) is 8.89. The molecule has 6 nitrogen and oxygen atoms in total. The maximum absolute atomic E-state index is 11.3. The van der Waals surface area contributed by atoms with Crippen molar-refractivity contribution in [2.75, 3.05) is 29.0 Å². The van der Waals surface area contributed by atoms with Crippen molar-refractivity contribution in [3.05, 3.63) is 23.8 Å². The van der Waals surface area contributed by atoms with Gasteiger partial charge in [0.25, 0.3) is 6.71 Å². The van der Waals surface area contributed by atoms with Crippen LogP contribution in [0.4, 0.5) is 11.4 Å². The van der Waals surface area contributed by atoms with Crippen LogP contribution in [-0.4, -0.2) is 40.8 Å². The van der Waals surface area contributed by atoms with Gasteiger partial charge >= 0.3 is 0 Å². The Morgan fingerprint density at radius 2 is 2.05 bits per heavy atom. The Kier molecular flexibility index (Phi) is 4.53. The Morgan fingerprint density at radius 3 is 2.57 bits per heavy atom. The van der Waals surface area contributed by atoms with E-state index in [0.717, 1.165) is 37.7 Å². The number of hydrogen-bond donors (Lipinski definition) is 1. The number of carbonyl (C=O) groups is 1. The molecule has 1 aliphatic heterocycles. The molecule has 1 N–H and O–H groups in total. The van der Waals surface area contributed by atoms with Crippen molar-refractivity contribution in [3.63, 3.8) is 0 Å². The minimum Gasteiger partial charge on any atom is -0.373 e. The van der Waals surface area contributed by atoms with E-state index < -0.39 is 10.0 Å². The molecule has 0 radical (unpaired) electrons. The third kappa shape index (κ3) is 3.98. The highest BCUT2D eigenvalue weighted by Crippen LogP contribution is 2.25. The standard InChI is InChI=1S/C13H16BN3O3S/c1-21(19,20)16-13-3-2-12(8-11(13)9-18)17-6-4-14(10-15)5-7-17/h2-3,8-9,16H,4-7H2,1H3. The highest BCUT2D eigenvalue weighted by molar-refractivity contribution is 7.92. The van der Waals surface area contributed by atoms with Crippen molar-refractivity contribution in [1.29, 1.82) is 5.26 Å². The second kappa shape index (κ2) is 6.18. The summed E-state index contributed by atoms with van der Waals surface area (Å²) in [6, 6.07) is 5.05. The van der Waals surface area contributed by atoms with E-state index in [-0.39, 0.29) is 12.4 Å². The SMILES string of the molecule is CS(=O)(=O)Nc1ccc(N2CCB(C#N)CC2)cc1C=O. The van der Waals surface area contributed by atoms with Crippen molar-refractivity contribution >= 4 is 34.4 Å². The molecule has 1 aliphatic rings. The van der Waals surface area contributed by atoms with E-state index in [2.05, 4.69) is 15.6 Å². The number of hydrogen-bond acceptors (Lipinski definition) is 5. The van der Waals surface area contributed by atoms with Gasteiger partial charge in [-0.3, -0.25) is 9.52 Å². The lowest BCUT2D eigenvalue weighted by molar-refractivity contribution is 0.112. The Morgan fingerprint density at radius 1 is 1.38 bits per heavy atom. The smallest absolute Gasteiger partial charge is 0.271 e. The number of carbonyl (C=O) groups excluding carboxylic acids is 1. The molecule has 2 rings (SSSR count). The summed E-state index contributed by atoms with van der Waals surface area (Å²) in [6.07, 6.45) is 3.29. The predicted molar refractivity (Wildman–Crippen MR) is 83.5 cm³/mol. The molecule has 1 aromatic rings. The first kappa shape index (κ1) is 15.4. The zero-order chi connectivity index (χ0) is 15.5. The van der Waals surface area contributed by atoms with Crippen LogP contribution in [-0.2, 0) is 10.0 Å². The number of benzene rings is 1. The van der Waals surface area contributed by atoms with Crippen LogP contribution in [0.5, 0.6) is 0 Å². The molecule has 0 aromatic heterocycles. The summed E-state index contributed by atoms with van der Waals surface area (Å²) in [5.74, 6) is 2.27. The molecule has 0 unspecified atom stereocenters. The third-order valence-corrected chi connectivity index (χ3v) is 4.09. The lowest BCUT2D eigenvalue weighted by Crippen LogP contribution is -2.36. The van der Waals surface area contributed by atoms with Gasteiger partial charge in [-0.2, -0.15) is 0 Å². The second-order valence-corrected chi connectivity index (χ2v) is 6.90. The van der Waals surface area contributed by atoms with Gasteiger partial charge in [0.05, 0.1) is 11.9 Å². The number of sulfonamides is 1. The van der Waals surface area contributed by atoms with Gasteiger partial charge in [-0.15, -0.1) is 0 Å². The zero-order valence-corrected chi connectivity index (χ0v) is 12.6. The number of aldehydes is 1. The highest BCUT2D eigenvalue weighted by Gasteiger charge is 2.23. The molecule has 0 bridgehead atoms. The van der Waals surface area contributed by atoms with E-state index in [1.54, 1.807) is 18.2 Å². The largest absolute Gasteiger partial charge is 0.373 e. The molecule has 1 saturated heterocycles. The number of anilines is 2. The summed E-state index contributed by atoms with van der Waals surface area (Å²) in [4.78, 5) is 13.3. The van der Waals surface area contributed by atoms with Gasteiger partial charge in [0.1, 0.15) is 0 Å². The lowest BCUT2D eigenvalue weighted by atomic mass is 9.45. The monoisotopic (exact) mass is 305 g/mol. The van der Waals surface area contributed by atoms with Crippen molar-refractivity contribution in [3.8, 4) is 5.97 Å². The van der Waals surface area contributed by atoms with Crippen LogP contribution in [0, 0.1) is 11.2 Å². The van der Waals surface area contributed by atoms with E-state index >= 15 is 0 Å². The topological polar surface area (TPSA) is 90.3 Å². The summed E-state index contributed by atoms with van der Waals surface area (Å²) < 4.78 is 24.8. The summed E-state index contributed by atoms with van der Waals surface area (Å²) in [5.41, 5.74) is 1.45. The van der Waals surface area contributed by atoms with E-state index in [9.17, 15) is 13.2 Å². The average molecular weight is 305 g/mol. The Balaban J connectivity index is 2.20. The lowest BCUT2D eigenvalue weighted by Gasteiger charge is -2.30. The maximum Gasteiger partial charge on any atom is 0.271 e. The predicted octanol–water partition coefficient (Wildman–Crippen LogP) is 1.25. The van der Waals surface area contributed by atoms with Gasteiger partial charge in [0, 0.05) is 30.3 Å². The van der Waals surface area contributed by atoms with Crippen molar-refractivity contribution in [2.24, 2.45) is 0 Å². The van der Waals surface area contributed by atoms with Gasteiger partial charge in [-0.25, -0.2) is 13.7 Å². The molecule has 0 atom stereocenters. The first-order valence-electron chi connectivity index (χ1n) is 6.64. The van der Waals surface area contributed by atoms with Gasteiger partial charge in [-0.1, -0.05) is 0 Å². The Hall–Kier alpha value is -2.01. The van der Waals surface area contributed by atoms with Crippen LogP contribution >= 0.6 is 0 Å². The number of rotatable bonds is 4. The van der Waals surface area contributed by atoms with Gasteiger partial charge in [0.2, 0.25) is 10.0 Å². The molecule has 1 heterocycles. The van der Waals surface area contributed by atoms with E-state index in [1.165, 1.54) is 0 Å². The molecule has 0 aliphatic carbocycles. The van der Waals surface area contributed by atoms with Crippen LogP contribution in [0.2, 0.25) is 12.6 Å². The number of nitrogens with zero attached hydrogens (tertiary/aromatic N) is 2. The molecule has 0 spiro atoms. The minimum absolute atomic E-state index is 0.0953. The summed E-state index contributed by atoms with van der Waals surface area (Å²) in [6.45, 7) is 1.61. The van der Waals surface area contributed by atoms with E-state index in [4.69, 9.17) is 5.26 Å². The highest BCUT2D eigenvalue weighted by atomic mass is 32.2. The Labute approximate surface area is 124 Å². The van der Waals surface area contributed by atoms with Crippen LogP contribution in [0.25, 0.3) is 0 Å². The molecule has 1 aromatic carbocycles. The molecule has 110 valence electrons. The fraction of sp³-hybridized carbons (Fsp3) is 0.385. The summed E-state index contributed by atoms with van der Waals surface area (Å²) >= 11 is 0. The fourth-order valence-electron chi connectivity index (χ4n) is 2.40. The number of nitriles is 1. The van der Waals surface area contributed by atoms with Gasteiger partial charge < -0.3 is 4.90 Å². The zero-order valence-electron chi connectivity index (χ0n) is 11.7. The van der Waals surface area contributed by atoms with Crippen molar-refractivity contribution in [2.45, 2.75) is 12.6 Å². The molecular weight excluding hydrogens is 289 g/mol. The molecule has 21 heavy (non-hydrogen) atoms. The van der Waals surface area contributed by atoms with Gasteiger partial charge in [0.15, 0.2) is 6.29 Å².